The predicted molar refractivity (Wildman–Crippen MR) is 297 cm³/mol. The quantitative estimate of drug-likeness (QED) is 0.0831. The van der Waals surface area contributed by atoms with Crippen molar-refractivity contribution in [1.82, 2.24) is 14.1 Å². The van der Waals surface area contributed by atoms with Crippen LogP contribution in [0.3, 0.4) is 0 Å². The van der Waals surface area contributed by atoms with E-state index >= 15 is 0 Å². The zero-order chi connectivity index (χ0) is 45.8. The highest BCUT2D eigenvalue weighted by Gasteiger charge is 2.22. The van der Waals surface area contributed by atoms with Crippen LogP contribution in [-0.4, -0.2) is 14.1 Å². The van der Waals surface area contributed by atoms with Crippen molar-refractivity contribution in [2.24, 2.45) is 0 Å². The van der Waals surface area contributed by atoms with E-state index < -0.39 is 0 Å². The van der Waals surface area contributed by atoms with Gasteiger partial charge < -0.3 is 14.1 Å². The second kappa shape index (κ2) is 20.1. The lowest BCUT2D eigenvalue weighted by atomic mass is 9.97. The maximum atomic E-state index is 3.63. The first-order valence-electron chi connectivity index (χ1n) is 26.6. The van der Waals surface area contributed by atoms with Gasteiger partial charge in [-0.25, -0.2) is 0 Å². The van der Waals surface area contributed by atoms with Gasteiger partial charge in [0.2, 0.25) is 0 Å². The largest absolute Gasteiger partial charge is 0.354 e. The number of rotatable bonds is 18. The molecule has 0 fully saturated rings. The van der Waals surface area contributed by atoms with Crippen LogP contribution in [0.25, 0.3) is 98.1 Å². The fraction of sp³-hybridized carbons (Fsp3) is 0.323. The summed E-state index contributed by atoms with van der Waals surface area (Å²) in [6.45, 7) is 6.80. The average molecular weight is 892 g/mol. The third kappa shape index (κ3) is 8.27. The van der Waals surface area contributed by atoms with Crippen molar-refractivity contribution in [3.05, 3.63) is 157 Å². The Hall–Kier alpha value is -6.32. The Morgan fingerprint density at radius 2 is 0.779 bits per heavy atom. The molecule has 3 nitrogen and oxygen atoms in total. The van der Waals surface area contributed by atoms with E-state index in [1.165, 1.54) is 212 Å². The number of hydrogen-bond acceptors (Lipinski definition) is 0. The molecule has 3 heterocycles. The minimum Gasteiger partial charge on any atom is -0.354 e. The molecule has 1 aliphatic rings. The molecule has 0 amide bonds. The molecule has 0 spiro atoms. The number of fused-ring (bicyclic) bond motifs is 18. The molecule has 0 saturated heterocycles. The summed E-state index contributed by atoms with van der Waals surface area (Å²) in [7, 11) is 0. The summed E-state index contributed by atoms with van der Waals surface area (Å²) >= 11 is 0. The first-order valence-corrected chi connectivity index (χ1v) is 26.6. The Morgan fingerprint density at radius 1 is 0.353 bits per heavy atom. The maximum Gasteiger partial charge on any atom is 0.0571 e. The Balaban J connectivity index is 0.000000176. The zero-order valence-corrected chi connectivity index (χ0v) is 40.7. The Labute approximate surface area is 403 Å². The predicted octanol–water partition coefficient (Wildman–Crippen LogP) is 19.4. The Morgan fingerprint density at radius 3 is 1.37 bits per heavy atom. The van der Waals surface area contributed by atoms with Crippen LogP contribution in [0.4, 0.5) is 0 Å². The number of H-pyrrole nitrogens is 1. The monoisotopic (exact) mass is 892 g/mol. The molecule has 344 valence electrons. The number of aryl methyl sites for hydroxylation is 2. The molecule has 0 unspecified atom stereocenters. The zero-order valence-electron chi connectivity index (χ0n) is 40.7. The first kappa shape index (κ1) is 44.2. The second-order valence-corrected chi connectivity index (χ2v) is 20.0. The van der Waals surface area contributed by atoms with Gasteiger partial charge in [0, 0.05) is 78.1 Å². The molecule has 0 atom stereocenters. The number of aromatic nitrogens is 3. The van der Waals surface area contributed by atoms with Gasteiger partial charge in [0.05, 0.1) is 16.6 Å². The van der Waals surface area contributed by atoms with Gasteiger partial charge >= 0.3 is 0 Å². The van der Waals surface area contributed by atoms with Gasteiger partial charge in [0.25, 0.3) is 0 Å². The van der Waals surface area contributed by atoms with E-state index in [1.54, 1.807) is 0 Å². The van der Waals surface area contributed by atoms with Gasteiger partial charge in [-0.15, -0.1) is 0 Å². The van der Waals surface area contributed by atoms with E-state index in [0.717, 1.165) is 19.5 Å². The highest BCUT2D eigenvalue weighted by molar-refractivity contribution is 6.25. The molecular weight excluding hydrogens is 823 g/mol. The van der Waals surface area contributed by atoms with Crippen LogP contribution in [0, 0.1) is 0 Å². The van der Waals surface area contributed by atoms with Gasteiger partial charge in [-0.3, -0.25) is 0 Å². The van der Waals surface area contributed by atoms with Crippen LogP contribution in [0.2, 0.25) is 0 Å². The second-order valence-electron chi connectivity index (χ2n) is 20.0. The number of nitrogens with one attached hydrogen (secondary N) is 1. The molecular formula is C65H69N3. The van der Waals surface area contributed by atoms with Crippen LogP contribution >= 0.6 is 0 Å². The van der Waals surface area contributed by atoms with Gasteiger partial charge in [-0.05, 0) is 65.1 Å². The molecule has 12 rings (SSSR count). The Kier molecular flexibility index (Phi) is 13.1. The molecule has 3 heteroatoms. The lowest BCUT2D eigenvalue weighted by Gasteiger charge is -2.13. The number of nitrogens with zero attached hydrogens (tertiary/aromatic N) is 2. The van der Waals surface area contributed by atoms with Gasteiger partial charge in [-0.2, -0.15) is 0 Å². The summed E-state index contributed by atoms with van der Waals surface area (Å²) in [6, 6.07) is 54.4. The van der Waals surface area contributed by atoms with E-state index in [9.17, 15) is 0 Å². The summed E-state index contributed by atoms with van der Waals surface area (Å²) in [5.41, 5.74) is 13.8. The molecule has 68 heavy (non-hydrogen) atoms. The highest BCUT2D eigenvalue weighted by atomic mass is 15.0. The van der Waals surface area contributed by atoms with Gasteiger partial charge in [-0.1, -0.05) is 231 Å². The van der Waals surface area contributed by atoms with Crippen molar-refractivity contribution in [2.45, 2.75) is 136 Å². The highest BCUT2D eigenvalue weighted by Crippen LogP contribution is 2.43. The molecule has 0 saturated carbocycles. The van der Waals surface area contributed by atoms with E-state index in [1.807, 2.05) is 0 Å². The number of hydrogen-bond donors (Lipinski definition) is 1. The fourth-order valence-electron chi connectivity index (χ4n) is 12.1. The van der Waals surface area contributed by atoms with E-state index in [-0.39, 0.29) is 0 Å². The van der Waals surface area contributed by atoms with Crippen LogP contribution in [0.15, 0.2) is 146 Å². The minimum absolute atomic E-state index is 1.04. The van der Waals surface area contributed by atoms with E-state index in [2.05, 4.69) is 174 Å². The third-order valence-corrected chi connectivity index (χ3v) is 15.6. The SMILES string of the molecule is CCCCCCCCCCn1c2ccccc2c2ccc3c(ccc4c5ccccc5n(CCCCCCCCCC)c43)c21.c1ccc2c(c1)Cc1c-2ccc2c1ccc1c3ccccc3[nH]c21. The summed E-state index contributed by atoms with van der Waals surface area (Å²) in [6.07, 6.45) is 22.7. The van der Waals surface area contributed by atoms with Crippen LogP contribution in [0.5, 0.6) is 0 Å². The van der Waals surface area contributed by atoms with Crippen molar-refractivity contribution >= 4 is 87.0 Å². The van der Waals surface area contributed by atoms with E-state index in [4.69, 9.17) is 0 Å². The smallest absolute Gasteiger partial charge is 0.0571 e. The summed E-state index contributed by atoms with van der Waals surface area (Å²) < 4.78 is 5.31. The molecule has 8 aromatic carbocycles. The van der Waals surface area contributed by atoms with Crippen LogP contribution in [0.1, 0.15) is 128 Å². The standard InChI is InChI=1S/C42H54N2.C23H15N/c1-3-5-7-9-11-13-15-21-31-43-39-25-19-17-23-33(39)35-27-30-38-37(41(35)43)29-28-36-34-24-18-20-26-40(34)44(42(36)38)32-22-16-14-12-10-8-6-4-2;1-2-6-15-14(5-1)13-21-16(15)9-11-19-17(21)10-12-20-18-7-3-4-8-22(18)24-23(19)20/h17-20,23-30H,3-16,21-22,31-32H2,1-2H3;1-12,24H,13H2. The molecule has 1 N–H and O–H groups in total. The first-order chi connectivity index (χ1) is 33.7. The lowest BCUT2D eigenvalue weighted by molar-refractivity contribution is 0.553. The number of benzene rings is 8. The summed E-state index contributed by atoms with van der Waals surface area (Å²) in [4.78, 5) is 3.63. The number of unbranched alkanes of at least 4 members (excludes halogenated alkanes) is 14. The maximum absolute atomic E-state index is 3.63. The van der Waals surface area contributed by atoms with Crippen molar-refractivity contribution in [1.29, 1.82) is 0 Å². The normalized spacial score (nSPS) is 12.4. The van der Waals surface area contributed by atoms with Crippen LogP contribution in [-0.2, 0) is 19.5 Å². The molecule has 1 aliphatic carbocycles. The average Bonchev–Trinajstić information content (AvgIpc) is 4.14. The van der Waals surface area contributed by atoms with E-state index in [0.29, 0.717) is 0 Å². The molecule has 0 bridgehead atoms. The molecule has 11 aromatic rings. The van der Waals surface area contributed by atoms with Gasteiger partial charge in [0.15, 0.2) is 0 Å². The number of aromatic amines is 1. The molecule has 3 aromatic heterocycles. The van der Waals surface area contributed by atoms with Crippen molar-refractivity contribution in [2.75, 3.05) is 0 Å². The summed E-state index contributed by atoms with van der Waals surface area (Å²) in [5.74, 6) is 0. The lowest BCUT2D eigenvalue weighted by Crippen LogP contribution is -2.00. The van der Waals surface area contributed by atoms with Crippen molar-refractivity contribution in [3.63, 3.8) is 0 Å². The topological polar surface area (TPSA) is 25.6 Å². The van der Waals surface area contributed by atoms with Gasteiger partial charge in [0.1, 0.15) is 0 Å². The van der Waals surface area contributed by atoms with Crippen molar-refractivity contribution in [3.8, 4) is 11.1 Å². The third-order valence-electron chi connectivity index (χ3n) is 15.6. The minimum atomic E-state index is 1.04. The van der Waals surface area contributed by atoms with Crippen LogP contribution < -0.4 is 0 Å². The van der Waals surface area contributed by atoms with Crippen molar-refractivity contribution < 1.29 is 0 Å². The fourth-order valence-corrected chi connectivity index (χ4v) is 12.1. The Bertz CT molecular complexity index is 3400. The molecule has 0 radical (unpaired) electrons. The number of para-hydroxylation sites is 3. The summed E-state index contributed by atoms with van der Waals surface area (Å²) in [5, 5.41) is 13.7. The molecule has 0 aliphatic heterocycles.